The van der Waals surface area contributed by atoms with Crippen LogP contribution in [0.5, 0.6) is 0 Å². The van der Waals surface area contributed by atoms with Gasteiger partial charge in [-0.1, -0.05) is 6.92 Å². The summed E-state index contributed by atoms with van der Waals surface area (Å²) in [6.45, 7) is 4.12. The van der Waals surface area contributed by atoms with E-state index in [-0.39, 0.29) is 35.9 Å². The Balaban J connectivity index is 1.56. The van der Waals surface area contributed by atoms with E-state index in [0.717, 1.165) is 32.1 Å². The van der Waals surface area contributed by atoms with E-state index < -0.39 is 0 Å². The normalized spacial score (nSPS) is 26.5. The van der Waals surface area contributed by atoms with E-state index in [0.29, 0.717) is 31.9 Å². The topological polar surface area (TPSA) is 92.4 Å². The van der Waals surface area contributed by atoms with Crippen LogP contribution in [0.25, 0.3) is 0 Å². The first-order valence-electron chi connectivity index (χ1n) is 10.1. The molecule has 0 aromatic carbocycles. The quantitative estimate of drug-likeness (QED) is 0.678. The van der Waals surface area contributed by atoms with Crippen LogP contribution in [0.4, 0.5) is 0 Å². The van der Waals surface area contributed by atoms with Gasteiger partial charge in [-0.3, -0.25) is 9.59 Å². The van der Waals surface area contributed by atoms with Gasteiger partial charge in [-0.25, -0.2) is 0 Å². The highest BCUT2D eigenvalue weighted by atomic mass is 16.5. The zero-order chi connectivity index (χ0) is 19.1. The number of amides is 2. The maximum absolute atomic E-state index is 12.7. The standard InChI is InChI=1S/C20H31N3O4/c1-2-10-27-18-13-14(19(24)22-15-7-11-26-12-8-15)5-6-16(18)23-20(25)17-4-3-9-21-17/h3-4,9,14-16,18,21H,2,5-8,10-13H2,1H3,(H,22,24)(H,23,25)/t14-,16-,18-/m0/s1. The van der Waals surface area contributed by atoms with Crippen LogP contribution < -0.4 is 10.6 Å². The molecule has 1 aliphatic heterocycles. The summed E-state index contributed by atoms with van der Waals surface area (Å²) < 4.78 is 11.4. The first kappa shape index (κ1) is 19.9. The first-order valence-corrected chi connectivity index (χ1v) is 10.1. The van der Waals surface area contributed by atoms with Crippen LogP contribution in [0.3, 0.4) is 0 Å². The monoisotopic (exact) mass is 377 g/mol. The average molecular weight is 377 g/mol. The maximum atomic E-state index is 12.7. The highest BCUT2D eigenvalue weighted by Gasteiger charge is 2.36. The van der Waals surface area contributed by atoms with Crippen molar-refractivity contribution in [3.63, 3.8) is 0 Å². The third-order valence-corrected chi connectivity index (χ3v) is 5.43. The fourth-order valence-corrected chi connectivity index (χ4v) is 3.86. The van der Waals surface area contributed by atoms with Crippen LogP contribution in [0.15, 0.2) is 18.3 Å². The molecule has 2 aliphatic rings. The van der Waals surface area contributed by atoms with Gasteiger partial charge in [0.25, 0.3) is 5.91 Å². The Morgan fingerprint density at radius 1 is 1.22 bits per heavy atom. The molecule has 3 N–H and O–H groups in total. The molecule has 1 aromatic rings. The second kappa shape index (κ2) is 9.90. The third kappa shape index (κ3) is 5.56. The van der Waals surface area contributed by atoms with Gasteiger partial charge < -0.3 is 25.1 Å². The predicted octanol–water partition coefficient (Wildman–Crippen LogP) is 2.00. The molecule has 2 amide bonds. The molecular formula is C20H31N3O4. The van der Waals surface area contributed by atoms with E-state index in [1.54, 1.807) is 18.3 Å². The summed E-state index contributed by atoms with van der Waals surface area (Å²) in [6, 6.07) is 3.70. The lowest BCUT2D eigenvalue weighted by Gasteiger charge is -2.36. The number of aromatic amines is 1. The molecule has 1 aromatic heterocycles. The molecular weight excluding hydrogens is 346 g/mol. The van der Waals surface area contributed by atoms with Gasteiger partial charge >= 0.3 is 0 Å². The van der Waals surface area contributed by atoms with E-state index >= 15 is 0 Å². The number of carbonyl (C=O) groups is 2. The fraction of sp³-hybridized carbons (Fsp3) is 0.700. The number of H-pyrrole nitrogens is 1. The molecule has 2 fully saturated rings. The summed E-state index contributed by atoms with van der Waals surface area (Å²) >= 11 is 0. The molecule has 27 heavy (non-hydrogen) atoms. The molecule has 0 spiro atoms. The largest absolute Gasteiger partial charge is 0.381 e. The van der Waals surface area contributed by atoms with Gasteiger partial charge in [0.2, 0.25) is 5.91 Å². The highest BCUT2D eigenvalue weighted by molar-refractivity contribution is 5.92. The Morgan fingerprint density at radius 2 is 2.04 bits per heavy atom. The smallest absolute Gasteiger partial charge is 0.267 e. The van der Waals surface area contributed by atoms with Crippen molar-refractivity contribution >= 4 is 11.8 Å². The lowest BCUT2D eigenvalue weighted by molar-refractivity contribution is -0.129. The molecule has 0 radical (unpaired) electrons. The third-order valence-electron chi connectivity index (χ3n) is 5.43. The second-order valence-corrected chi connectivity index (χ2v) is 7.48. The Hall–Kier alpha value is -1.86. The van der Waals surface area contributed by atoms with E-state index in [2.05, 4.69) is 22.5 Å². The molecule has 150 valence electrons. The van der Waals surface area contributed by atoms with Crippen molar-refractivity contribution in [2.24, 2.45) is 5.92 Å². The zero-order valence-electron chi connectivity index (χ0n) is 16.0. The molecule has 0 unspecified atom stereocenters. The molecule has 7 nitrogen and oxygen atoms in total. The Labute approximate surface area is 160 Å². The van der Waals surface area contributed by atoms with Crippen molar-refractivity contribution in [2.45, 2.75) is 63.6 Å². The van der Waals surface area contributed by atoms with E-state index in [1.807, 2.05) is 0 Å². The molecule has 1 saturated heterocycles. The lowest BCUT2D eigenvalue weighted by Crippen LogP contribution is -2.51. The number of nitrogens with one attached hydrogen (secondary N) is 3. The van der Waals surface area contributed by atoms with Crippen LogP contribution >= 0.6 is 0 Å². The van der Waals surface area contributed by atoms with Gasteiger partial charge in [0.15, 0.2) is 0 Å². The van der Waals surface area contributed by atoms with Gasteiger partial charge in [0.05, 0.1) is 12.1 Å². The van der Waals surface area contributed by atoms with Crippen LogP contribution in [0.1, 0.15) is 55.9 Å². The molecule has 3 rings (SSSR count). The molecule has 2 heterocycles. The van der Waals surface area contributed by atoms with Crippen LogP contribution in [-0.2, 0) is 14.3 Å². The van der Waals surface area contributed by atoms with Gasteiger partial charge in [-0.2, -0.15) is 0 Å². The Kier molecular flexibility index (Phi) is 7.29. The molecule has 0 bridgehead atoms. The van der Waals surface area contributed by atoms with E-state index in [9.17, 15) is 9.59 Å². The number of carbonyl (C=O) groups excluding carboxylic acids is 2. The summed E-state index contributed by atoms with van der Waals surface area (Å²) in [7, 11) is 0. The SMILES string of the molecule is CCCO[C@H]1C[C@@H](C(=O)NC2CCOCC2)CC[C@@H]1NC(=O)c1ccc[nH]1. The summed E-state index contributed by atoms with van der Waals surface area (Å²) in [5.74, 6) is -0.0744. The molecule has 1 aliphatic carbocycles. The number of hydrogen-bond acceptors (Lipinski definition) is 4. The van der Waals surface area contributed by atoms with Crippen molar-refractivity contribution < 1.29 is 19.1 Å². The van der Waals surface area contributed by atoms with E-state index in [4.69, 9.17) is 9.47 Å². The Morgan fingerprint density at radius 3 is 2.74 bits per heavy atom. The van der Waals surface area contributed by atoms with Gasteiger partial charge in [-0.05, 0) is 50.7 Å². The lowest BCUT2D eigenvalue weighted by atomic mass is 9.82. The minimum Gasteiger partial charge on any atom is -0.381 e. The number of aromatic nitrogens is 1. The first-order chi connectivity index (χ1) is 13.2. The number of ether oxygens (including phenoxy) is 2. The van der Waals surface area contributed by atoms with Crippen LogP contribution in [0, 0.1) is 5.92 Å². The van der Waals surface area contributed by atoms with Crippen molar-refractivity contribution in [1.82, 2.24) is 15.6 Å². The molecule has 3 atom stereocenters. The summed E-state index contributed by atoms with van der Waals surface area (Å²) in [5, 5.41) is 6.25. The van der Waals surface area contributed by atoms with E-state index in [1.165, 1.54) is 0 Å². The maximum Gasteiger partial charge on any atom is 0.267 e. The van der Waals surface area contributed by atoms with Crippen LogP contribution in [-0.4, -0.2) is 54.8 Å². The van der Waals surface area contributed by atoms with Crippen molar-refractivity contribution in [3.05, 3.63) is 24.0 Å². The van der Waals surface area contributed by atoms with Crippen molar-refractivity contribution in [3.8, 4) is 0 Å². The average Bonchev–Trinajstić information content (AvgIpc) is 3.23. The highest BCUT2D eigenvalue weighted by Crippen LogP contribution is 2.28. The predicted molar refractivity (Wildman–Crippen MR) is 101 cm³/mol. The minimum absolute atomic E-state index is 0.0617. The van der Waals surface area contributed by atoms with Crippen LogP contribution in [0.2, 0.25) is 0 Å². The van der Waals surface area contributed by atoms with Gasteiger partial charge in [0, 0.05) is 38.0 Å². The van der Waals surface area contributed by atoms with Crippen molar-refractivity contribution in [2.75, 3.05) is 19.8 Å². The second-order valence-electron chi connectivity index (χ2n) is 7.48. The zero-order valence-corrected chi connectivity index (χ0v) is 16.0. The number of hydrogen-bond donors (Lipinski definition) is 3. The summed E-state index contributed by atoms with van der Waals surface area (Å²) in [4.78, 5) is 28.0. The van der Waals surface area contributed by atoms with Gasteiger partial charge in [-0.15, -0.1) is 0 Å². The fourth-order valence-electron chi connectivity index (χ4n) is 3.86. The molecule has 1 saturated carbocycles. The number of rotatable bonds is 7. The minimum atomic E-state index is -0.136. The Bertz CT molecular complexity index is 598. The summed E-state index contributed by atoms with van der Waals surface area (Å²) in [6.07, 6.45) is 6.41. The van der Waals surface area contributed by atoms with Gasteiger partial charge in [0.1, 0.15) is 5.69 Å². The van der Waals surface area contributed by atoms with Crippen molar-refractivity contribution in [1.29, 1.82) is 0 Å². The molecule has 7 heteroatoms. The summed E-state index contributed by atoms with van der Waals surface area (Å²) in [5.41, 5.74) is 0.545.